The third kappa shape index (κ3) is 2.77. The van der Waals surface area contributed by atoms with Crippen molar-refractivity contribution in [3.63, 3.8) is 0 Å². The van der Waals surface area contributed by atoms with Crippen molar-refractivity contribution >= 4 is 23.2 Å². The molecule has 0 heterocycles. The van der Waals surface area contributed by atoms with Crippen LogP contribution in [0.4, 0.5) is 0 Å². The van der Waals surface area contributed by atoms with Crippen molar-refractivity contribution in [2.75, 3.05) is 21.2 Å². The molecule has 0 bridgehead atoms. The van der Waals surface area contributed by atoms with E-state index in [2.05, 4.69) is 11.8 Å². The molecule has 0 N–H and O–H groups in total. The lowest BCUT2D eigenvalue weighted by molar-refractivity contribution is 0.308. The lowest BCUT2D eigenvalue weighted by atomic mass is 10.1. The van der Waals surface area contributed by atoms with Crippen LogP contribution in [-0.4, -0.2) is 26.1 Å². The second-order valence-electron chi connectivity index (χ2n) is 3.65. The lowest BCUT2D eigenvalue weighted by Gasteiger charge is -2.23. The minimum Gasteiger partial charge on any atom is -0.495 e. The molecule has 0 fully saturated rings. The predicted octanol–water partition coefficient (Wildman–Crippen LogP) is 3.62. The Morgan fingerprint density at radius 3 is 2.33 bits per heavy atom. The van der Waals surface area contributed by atoms with Gasteiger partial charge < -0.3 is 9.64 Å². The van der Waals surface area contributed by atoms with Crippen molar-refractivity contribution in [2.45, 2.75) is 13.0 Å². The Hall–Kier alpha value is -0.440. The number of hydrogen-bond donors (Lipinski definition) is 0. The molecule has 15 heavy (non-hydrogen) atoms. The van der Waals surface area contributed by atoms with E-state index >= 15 is 0 Å². The van der Waals surface area contributed by atoms with Crippen molar-refractivity contribution < 1.29 is 4.74 Å². The standard InChI is InChI=1S/C11H15Cl2NO/c1-7(14(2)3)9-5-8(12)6-10(13)11(9)15-4/h5-7H,1-4H3. The third-order valence-electron chi connectivity index (χ3n) is 2.47. The number of hydrogen-bond acceptors (Lipinski definition) is 2. The summed E-state index contributed by atoms with van der Waals surface area (Å²) >= 11 is 12.0. The topological polar surface area (TPSA) is 12.5 Å². The van der Waals surface area contributed by atoms with Crippen molar-refractivity contribution in [3.05, 3.63) is 27.7 Å². The van der Waals surface area contributed by atoms with Crippen molar-refractivity contribution in [1.29, 1.82) is 0 Å². The Kier molecular flexibility index (Phi) is 4.26. The summed E-state index contributed by atoms with van der Waals surface area (Å²) < 4.78 is 5.29. The Bertz CT molecular complexity index is 353. The molecule has 0 spiro atoms. The summed E-state index contributed by atoms with van der Waals surface area (Å²) in [6, 6.07) is 3.78. The molecule has 0 aromatic heterocycles. The SMILES string of the molecule is COc1c(Cl)cc(Cl)cc1C(C)N(C)C. The van der Waals surface area contributed by atoms with Gasteiger partial charge >= 0.3 is 0 Å². The van der Waals surface area contributed by atoms with E-state index in [4.69, 9.17) is 27.9 Å². The lowest BCUT2D eigenvalue weighted by Crippen LogP contribution is -2.17. The predicted molar refractivity (Wildman–Crippen MR) is 65.1 cm³/mol. The van der Waals surface area contributed by atoms with Gasteiger partial charge in [-0.25, -0.2) is 0 Å². The highest BCUT2D eigenvalue weighted by molar-refractivity contribution is 6.35. The van der Waals surface area contributed by atoms with Crippen LogP contribution in [0.25, 0.3) is 0 Å². The molecule has 0 amide bonds. The second kappa shape index (κ2) is 5.06. The van der Waals surface area contributed by atoms with E-state index < -0.39 is 0 Å². The van der Waals surface area contributed by atoms with Crippen LogP contribution in [0.3, 0.4) is 0 Å². The van der Waals surface area contributed by atoms with Crippen LogP contribution < -0.4 is 4.74 Å². The molecular weight excluding hydrogens is 233 g/mol. The third-order valence-corrected chi connectivity index (χ3v) is 2.96. The first-order chi connectivity index (χ1) is 6.97. The fourth-order valence-corrected chi connectivity index (χ4v) is 1.97. The monoisotopic (exact) mass is 247 g/mol. The van der Waals surface area contributed by atoms with Gasteiger partial charge in [-0.2, -0.15) is 0 Å². The summed E-state index contributed by atoms with van der Waals surface area (Å²) in [5.74, 6) is 0.697. The summed E-state index contributed by atoms with van der Waals surface area (Å²) in [5.41, 5.74) is 1.00. The fraction of sp³-hybridized carbons (Fsp3) is 0.455. The highest BCUT2D eigenvalue weighted by Crippen LogP contribution is 2.36. The van der Waals surface area contributed by atoms with Gasteiger partial charge in [0.15, 0.2) is 0 Å². The largest absolute Gasteiger partial charge is 0.495 e. The highest BCUT2D eigenvalue weighted by Gasteiger charge is 2.16. The van der Waals surface area contributed by atoms with Gasteiger partial charge in [-0.15, -0.1) is 0 Å². The summed E-state index contributed by atoms with van der Waals surface area (Å²) in [6.07, 6.45) is 0. The summed E-state index contributed by atoms with van der Waals surface area (Å²) in [5, 5.41) is 1.18. The van der Waals surface area contributed by atoms with Crippen LogP contribution in [0.5, 0.6) is 5.75 Å². The number of ether oxygens (including phenoxy) is 1. The van der Waals surface area contributed by atoms with E-state index in [1.54, 1.807) is 13.2 Å². The maximum Gasteiger partial charge on any atom is 0.142 e. The molecule has 4 heteroatoms. The molecule has 1 aromatic carbocycles. The van der Waals surface area contributed by atoms with Crippen LogP contribution in [0.2, 0.25) is 10.0 Å². The van der Waals surface area contributed by atoms with Crippen LogP contribution >= 0.6 is 23.2 Å². The van der Waals surface area contributed by atoms with Gasteiger partial charge in [0.05, 0.1) is 12.1 Å². The highest BCUT2D eigenvalue weighted by atomic mass is 35.5. The second-order valence-corrected chi connectivity index (χ2v) is 4.49. The summed E-state index contributed by atoms with van der Waals surface area (Å²) in [7, 11) is 5.61. The van der Waals surface area contributed by atoms with E-state index in [-0.39, 0.29) is 6.04 Å². The van der Waals surface area contributed by atoms with Gasteiger partial charge in [0.1, 0.15) is 5.75 Å². The van der Waals surface area contributed by atoms with Gasteiger partial charge in [0, 0.05) is 16.6 Å². The fourth-order valence-electron chi connectivity index (χ4n) is 1.38. The van der Waals surface area contributed by atoms with Crippen LogP contribution in [0.15, 0.2) is 12.1 Å². The Morgan fingerprint density at radius 1 is 1.27 bits per heavy atom. The zero-order valence-electron chi connectivity index (χ0n) is 9.34. The number of halogens is 2. The molecular formula is C11H15Cl2NO. The maximum atomic E-state index is 6.06. The first kappa shape index (κ1) is 12.6. The molecule has 0 saturated carbocycles. The molecule has 1 aromatic rings. The first-order valence-corrected chi connectivity index (χ1v) is 5.42. The molecule has 1 atom stereocenters. The molecule has 2 nitrogen and oxygen atoms in total. The number of methoxy groups -OCH3 is 1. The van der Waals surface area contributed by atoms with E-state index in [1.165, 1.54) is 0 Å². The summed E-state index contributed by atoms with van der Waals surface area (Å²) in [6.45, 7) is 2.07. The Morgan fingerprint density at radius 2 is 1.87 bits per heavy atom. The van der Waals surface area contributed by atoms with E-state index in [1.807, 2.05) is 20.2 Å². The zero-order chi connectivity index (χ0) is 11.6. The van der Waals surface area contributed by atoms with Crippen LogP contribution in [-0.2, 0) is 0 Å². The molecule has 1 unspecified atom stereocenters. The van der Waals surface area contributed by atoms with E-state index in [0.29, 0.717) is 15.8 Å². The molecule has 0 aliphatic carbocycles. The molecule has 1 rings (SSSR count). The minimum atomic E-state index is 0.205. The molecule has 0 radical (unpaired) electrons. The van der Waals surface area contributed by atoms with E-state index in [9.17, 15) is 0 Å². The van der Waals surface area contributed by atoms with Crippen LogP contribution in [0.1, 0.15) is 18.5 Å². The Balaban J connectivity index is 3.26. The minimum absolute atomic E-state index is 0.205. The average molecular weight is 248 g/mol. The van der Waals surface area contributed by atoms with Crippen LogP contribution in [0, 0.1) is 0 Å². The van der Waals surface area contributed by atoms with Gasteiger partial charge in [-0.1, -0.05) is 23.2 Å². The van der Waals surface area contributed by atoms with Gasteiger partial charge in [-0.05, 0) is 33.2 Å². The van der Waals surface area contributed by atoms with E-state index in [0.717, 1.165) is 5.56 Å². The molecule has 0 saturated heterocycles. The van der Waals surface area contributed by atoms with Gasteiger partial charge in [0.2, 0.25) is 0 Å². The average Bonchev–Trinajstić information content (AvgIpc) is 2.15. The molecule has 84 valence electrons. The number of benzene rings is 1. The maximum absolute atomic E-state index is 6.06. The summed E-state index contributed by atoms with van der Waals surface area (Å²) in [4.78, 5) is 2.07. The normalized spacial score (nSPS) is 13.0. The van der Waals surface area contributed by atoms with Gasteiger partial charge in [-0.3, -0.25) is 0 Å². The number of rotatable bonds is 3. The molecule has 0 aliphatic rings. The van der Waals surface area contributed by atoms with Crippen molar-refractivity contribution in [3.8, 4) is 5.75 Å². The first-order valence-electron chi connectivity index (χ1n) is 4.66. The Labute approximate surface area is 101 Å². The quantitative estimate of drug-likeness (QED) is 0.809. The van der Waals surface area contributed by atoms with Crippen molar-refractivity contribution in [1.82, 2.24) is 4.90 Å². The van der Waals surface area contributed by atoms with Crippen molar-refractivity contribution in [2.24, 2.45) is 0 Å². The van der Waals surface area contributed by atoms with Gasteiger partial charge in [0.25, 0.3) is 0 Å². The zero-order valence-corrected chi connectivity index (χ0v) is 10.9. The number of nitrogens with zero attached hydrogens (tertiary/aromatic N) is 1. The smallest absolute Gasteiger partial charge is 0.142 e. The molecule has 0 aliphatic heterocycles.